The molecule has 0 spiro atoms. The van der Waals surface area contributed by atoms with Crippen molar-refractivity contribution < 1.29 is 4.79 Å². The van der Waals surface area contributed by atoms with Gasteiger partial charge < -0.3 is 5.73 Å². The second-order valence-electron chi connectivity index (χ2n) is 6.31. The highest BCUT2D eigenvalue weighted by Crippen LogP contribution is 2.35. The number of benzene rings is 2. The fourth-order valence-corrected chi connectivity index (χ4v) is 3.90. The Balaban J connectivity index is 1.81. The van der Waals surface area contributed by atoms with Crippen molar-refractivity contribution in [3.63, 3.8) is 0 Å². The first-order chi connectivity index (χ1) is 12.0. The first kappa shape index (κ1) is 17.2. The number of aliphatic imine (C=N–C) groups is 1. The molecule has 1 unspecified atom stereocenters. The molecule has 0 bridgehead atoms. The molecule has 25 heavy (non-hydrogen) atoms. The van der Waals surface area contributed by atoms with Crippen molar-refractivity contribution in [2.24, 2.45) is 10.7 Å². The minimum atomic E-state index is -0.331. The Labute approximate surface area is 151 Å². The van der Waals surface area contributed by atoms with Crippen LogP contribution >= 0.6 is 11.8 Å². The lowest BCUT2D eigenvalue weighted by Gasteiger charge is -2.30. The normalized spacial score (nSPS) is 19.8. The van der Waals surface area contributed by atoms with Crippen LogP contribution < -0.4 is 5.73 Å². The minimum Gasteiger partial charge on any atom is -0.379 e. The maximum Gasteiger partial charge on any atom is 0.167 e. The predicted molar refractivity (Wildman–Crippen MR) is 102 cm³/mol. The number of nitrogens with zero attached hydrogens (tertiary/aromatic N) is 2. The van der Waals surface area contributed by atoms with Gasteiger partial charge >= 0.3 is 0 Å². The summed E-state index contributed by atoms with van der Waals surface area (Å²) in [6, 6.07) is 16.8. The van der Waals surface area contributed by atoms with E-state index in [1.165, 1.54) is 0 Å². The largest absolute Gasteiger partial charge is 0.379 e. The van der Waals surface area contributed by atoms with Crippen molar-refractivity contribution in [1.29, 1.82) is 5.26 Å². The molecular formula is C20H19N3OS. The number of carbonyl (C=O) groups excluding carboxylic acids is 1. The molecule has 0 aromatic heterocycles. The Hall–Kier alpha value is -2.58. The summed E-state index contributed by atoms with van der Waals surface area (Å²) >= 11 is 1.58. The summed E-state index contributed by atoms with van der Waals surface area (Å²) in [6.45, 7) is 2.08. The zero-order valence-corrected chi connectivity index (χ0v) is 14.8. The Bertz CT molecular complexity index is 867. The molecule has 0 amide bonds. The number of carbonyl (C=O) groups is 1. The first-order valence-corrected chi connectivity index (χ1v) is 9.10. The van der Waals surface area contributed by atoms with Gasteiger partial charge in [0.2, 0.25) is 0 Å². The molecule has 0 saturated carbocycles. The number of amidine groups is 1. The van der Waals surface area contributed by atoms with Crippen molar-refractivity contribution >= 4 is 22.7 Å². The number of hydrogen-bond donors (Lipinski definition) is 1. The number of ketones is 1. The molecule has 0 radical (unpaired) electrons. The highest BCUT2D eigenvalue weighted by Gasteiger charge is 2.29. The van der Waals surface area contributed by atoms with E-state index in [1.54, 1.807) is 36.0 Å². The standard InChI is InChI=1S/C20H19N3OS/c1-20(9-10-25-19(22)23-20)17-4-2-3-15(11-17)12-18(24)16-7-5-14(13-21)6-8-16/h2-8,11H,9-10,12H2,1H3,(H2,22,23). The predicted octanol–water partition coefficient (Wildman–Crippen LogP) is 3.65. The van der Waals surface area contributed by atoms with Crippen LogP contribution in [0.1, 0.15) is 40.4 Å². The van der Waals surface area contributed by atoms with Crippen LogP contribution in [-0.2, 0) is 12.0 Å². The summed E-state index contributed by atoms with van der Waals surface area (Å²) in [5.41, 5.74) is 8.78. The summed E-state index contributed by atoms with van der Waals surface area (Å²) in [4.78, 5) is 17.1. The van der Waals surface area contributed by atoms with Crippen LogP contribution in [0.5, 0.6) is 0 Å². The van der Waals surface area contributed by atoms with Gasteiger partial charge in [0, 0.05) is 17.7 Å². The molecule has 2 aromatic rings. The quantitative estimate of drug-likeness (QED) is 0.855. The summed E-state index contributed by atoms with van der Waals surface area (Å²) < 4.78 is 0. The van der Waals surface area contributed by atoms with E-state index in [0.717, 1.165) is 23.3 Å². The van der Waals surface area contributed by atoms with E-state index in [9.17, 15) is 4.79 Å². The summed E-state index contributed by atoms with van der Waals surface area (Å²) in [5, 5.41) is 9.46. The van der Waals surface area contributed by atoms with Crippen LogP contribution in [0.2, 0.25) is 0 Å². The van der Waals surface area contributed by atoms with Crippen LogP contribution in [-0.4, -0.2) is 16.7 Å². The number of thioether (sulfide) groups is 1. The third-order valence-corrected chi connectivity index (χ3v) is 5.24. The number of Topliss-reactive ketones (excluding diaryl/α,β-unsaturated/α-hetero) is 1. The average molecular weight is 349 g/mol. The smallest absolute Gasteiger partial charge is 0.167 e. The van der Waals surface area contributed by atoms with E-state index in [4.69, 9.17) is 11.0 Å². The van der Waals surface area contributed by atoms with Gasteiger partial charge in [-0.15, -0.1) is 0 Å². The highest BCUT2D eigenvalue weighted by molar-refractivity contribution is 8.13. The highest BCUT2D eigenvalue weighted by atomic mass is 32.2. The van der Waals surface area contributed by atoms with Gasteiger partial charge in [0.25, 0.3) is 0 Å². The van der Waals surface area contributed by atoms with Crippen LogP contribution in [0.3, 0.4) is 0 Å². The molecule has 1 heterocycles. The summed E-state index contributed by atoms with van der Waals surface area (Å²) in [7, 11) is 0. The molecule has 1 aliphatic heterocycles. The Kier molecular flexibility index (Phi) is 4.91. The molecule has 0 aliphatic carbocycles. The van der Waals surface area contributed by atoms with E-state index >= 15 is 0 Å². The van der Waals surface area contributed by atoms with Crippen LogP contribution in [0.4, 0.5) is 0 Å². The SMILES string of the molecule is CC1(c2cccc(CC(=O)c3ccc(C#N)cc3)c2)CCSC(N)=N1. The molecule has 126 valence electrons. The van der Waals surface area contributed by atoms with E-state index < -0.39 is 0 Å². The van der Waals surface area contributed by atoms with Crippen molar-refractivity contribution in [3.8, 4) is 6.07 Å². The number of nitriles is 1. The summed E-state index contributed by atoms with van der Waals surface area (Å²) in [5.74, 6) is 0.981. The van der Waals surface area contributed by atoms with Gasteiger partial charge in [-0.3, -0.25) is 9.79 Å². The van der Waals surface area contributed by atoms with Gasteiger partial charge in [0.05, 0.1) is 17.2 Å². The Morgan fingerprint density at radius 1 is 1.32 bits per heavy atom. The molecule has 2 N–H and O–H groups in total. The second kappa shape index (κ2) is 7.12. The molecule has 5 heteroatoms. The third kappa shape index (κ3) is 3.92. The molecule has 1 atom stereocenters. The summed E-state index contributed by atoms with van der Waals surface area (Å²) in [6.07, 6.45) is 1.25. The number of hydrogen-bond acceptors (Lipinski definition) is 5. The van der Waals surface area contributed by atoms with Gasteiger partial charge in [0.1, 0.15) is 0 Å². The maximum absolute atomic E-state index is 12.5. The fourth-order valence-electron chi connectivity index (χ4n) is 2.93. The van der Waals surface area contributed by atoms with Gasteiger partial charge in [-0.2, -0.15) is 5.26 Å². The van der Waals surface area contributed by atoms with Crippen molar-refractivity contribution in [3.05, 3.63) is 70.8 Å². The lowest BCUT2D eigenvalue weighted by Crippen LogP contribution is -2.28. The van der Waals surface area contributed by atoms with Gasteiger partial charge in [0.15, 0.2) is 11.0 Å². The Morgan fingerprint density at radius 2 is 2.08 bits per heavy atom. The Morgan fingerprint density at radius 3 is 2.76 bits per heavy atom. The second-order valence-corrected chi connectivity index (χ2v) is 7.43. The van der Waals surface area contributed by atoms with Gasteiger partial charge in [-0.25, -0.2) is 0 Å². The number of nitrogens with two attached hydrogens (primary N) is 1. The van der Waals surface area contributed by atoms with Crippen LogP contribution in [0.15, 0.2) is 53.5 Å². The molecular weight excluding hydrogens is 330 g/mol. The zero-order valence-electron chi connectivity index (χ0n) is 14.0. The topological polar surface area (TPSA) is 79.2 Å². The van der Waals surface area contributed by atoms with Crippen molar-refractivity contribution in [1.82, 2.24) is 0 Å². The fraction of sp³-hybridized carbons (Fsp3) is 0.250. The molecule has 4 nitrogen and oxygen atoms in total. The molecule has 0 saturated heterocycles. The minimum absolute atomic E-state index is 0.0361. The van der Waals surface area contributed by atoms with Crippen LogP contribution in [0, 0.1) is 11.3 Å². The van der Waals surface area contributed by atoms with E-state index in [2.05, 4.69) is 18.0 Å². The first-order valence-electron chi connectivity index (χ1n) is 8.11. The van der Waals surface area contributed by atoms with E-state index in [-0.39, 0.29) is 11.3 Å². The lowest BCUT2D eigenvalue weighted by atomic mass is 9.88. The number of rotatable bonds is 4. The molecule has 1 aliphatic rings. The van der Waals surface area contributed by atoms with Crippen molar-refractivity contribution in [2.45, 2.75) is 25.3 Å². The van der Waals surface area contributed by atoms with Gasteiger partial charge in [-0.1, -0.05) is 48.2 Å². The van der Waals surface area contributed by atoms with Crippen LogP contribution in [0.25, 0.3) is 0 Å². The van der Waals surface area contributed by atoms with E-state index in [0.29, 0.717) is 22.7 Å². The lowest BCUT2D eigenvalue weighted by molar-refractivity contribution is 0.0993. The molecule has 0 fully saturated rings. The zero-order chi connectivity index (χ0) is 17.9. The molecule has 3 rings (SSSR count). The molecule has 2 aromatic carbocycles. The van der Waals surface area contributed by atoms with Crippen molar-refractivity contribution in [2.75, 3.05) is 5.75 Å². The average Bonchev–Trinajstić information content (AvgIpc) is 2.62. The monoisotopic (exact) mass is 349 g/mol. The maximum atomic E-state index is 12.5. The van der Waals surface area contributed by atoms with E-state index in [1.807, 2.05) is 24.3 Å². The van der Waals surface area contributed by atoms with Gasteiger partial charge in [-0.05, 0) is 36.6 Å². The third-order valence-electron chi connectivity index (χ3n) is 4.45.